The van der Waals surface area contributed by atoms with Crippen molar-refractivity contribution >= 4 is 11.8 Å². The van der Waals surface area contributed by atoms with E-state index in [0.29, 0.717) is 12.2 Å². The molecule has 1 heterocycles. The maximum Gasteiger partial charge on any atom is 0.332 e. The summed E-state index contributed by atoms with van der Waals surface area (Å²) in [7, 11) is 1.67. The summed E-state index contributed by atoms with van der Waals surface area (Å²) >= 11 is 0. The first-order valence-corrected chi connectivity index (χ1v) is 5.75. The quantitative estimate of drug-likeness (QED) is 0.757. The zero-order valence-electron chi connectivity index (χ0n) is 11.2. The second kappa shape index (κ2) is 5.17. The fourth-order valence-corrected chi connectivity index (χ4v) is 1.28. The average Bonchev–Trinajstić information content (AvgIpc) is 2.27. The Bertz CT molecular complexity index is 379. The Kier molecular flexibility index (Phi) is 4.10. The second-order valence-electron chi connectivity index (χ2n) is 4.97. The van der Waals surface area contributed by atoms with Crippen LogP contribution < -0.4 is 5.06 Å². The molecule has 0 aromatic carbocycles. The van der Waals surface area contributed by atoms with E-state index in [0.717, 1.165) is 5.56 Å². The van der Waals surface area contributed by atoms with Gasteiger partial charge in [0.25, 0.3) is 0 Å². The van der Waals surface area contributed by atoms with E-state index < -0.39 is 0 Å². The van der Waals surface area contributed by atoms with Crippen LogP contribution in [-0.4, -0.2) is 18.0 Å². The van der Waals surface area contributed by atoms with Crippen molar-refractivity contribution < 1.29 is 9.63 Å². The molecule has 1 rings (SSSR count). The summed E-state index contributed by atoms with van der Waals surface area (Å²) in [6.07, 6.45) is 2.16. The van der Waals surface area contributed by atoms with Crippen LogP contribution in [0.5, 0.6) is 0 Å². The number of hydrogen-bond acceptors (Lipinski definition) is 4. The van der Waals surface area contributed by atoms with Gasteiger partial charge in [-0.25, -0.2) is 9.78 Å². The Labute approximate surface area is 103 Å². The normalized spacial score (nSPS) is 11.1. The first-order chi connectivity index (χ1) is 7.84. The number of rotatable bonds is 3. The van der Waals surface area contributed by atoms with Gasteiger partial charge in [0.15, 0.2) is 5.82 Å². The van der Waals surface area contributed by atoms with Crippen molar-refractivity contribution in [2.24, 2.45) is 0 Å². The third-order valence-electron chi connectivity index (χ3n) is 2.46. The van der Waals surface area contributed by atoms with Gasteiger partial charge >= 0.3 is 5.97 Å². The predicted molar refractivity (Wildman–Crippen MR) is 67.7 cm³/mol. The van der Waals surface area contributed by atoms with Gasteiger partial charge in [-0.1, -0.05) is 33.8 Å². The minimum absolute atomic E-state index is 0.0736. The van der Waals surface area contributed by atoms with Crippen LogP contribution in [-0.2, 0) is 15.0 Å². The maximum atomic E-state index is 11.1. The minimum Gasteiger partial charge on any atom is -0.340 e. The van der Waals surface area contributed by atoms with Crippen LogP contribution >= 0.6 is 0 Å². The molecule has 1 aromatic rings. The van der Waals surface area contributed by atoms with E-state index >= 15 is 0 Å². The Balaban J connectivity index is 2.77. The van der Waals surface area contributed by atoms with E-state index in [9.17, 15) is 4.79 Å². The molecule has 0 aliphatic heterocycles. The third kappa shape index (κ3) is 3.73. The van der Waals surface area contributed by atoms with Gasteiger partial charge in [-0.2, -0.15) is 5.06 Å². The molecule has 0 saturated carbocycles. The number of hydrogen-bond donors (Lipinski definition) is 0. The lowest BCUT2D eigenvalue weighted by Crippen LogP contribution is -2.23. The molecular formula is C13H20N2O2. The molecule has 0 amide bonds. The van der Waals surface area contributed by atoms with Crippen LogP contribution in [0.1, 0.15) is 39.7 Å². The van der Waals surface area contributed by atoms with E-state index in [1.165, 1.54) is 5.06 Å². The number of anilines is 1. The van der Waals surface area contributed by atoms with E-state index in [1.54, 1.807) is 14.0 Å². The first kappa shape index (κ1) is 13.5. The van der Waals surface area contributed by atoms with Gasteiger partial charge in [-0.3, -0.25) is 0 Å². The zero-order chi connectivity index (χ0) is 13.1. The number of nitrogens with zero attached hydrogens (tertiary/aromatic N) is 2. The molecule has 94 valence electrons. The van der Waals surface area contributed by atoms with Crippen LogP contribution in [0.15, 0.2) is 18.3 Å². The maximum absolute atomic E-state index is 11.1. The summed E-state index contributed by atoms with van der Waals surface area (Å²) in [6.45, 7) is 8.14. The number of carbonyl (C=O) groups excluding carboxylic acids is 1. The molecule has 1 aromatic heterocycles. The number of aromatic nitrogens is 1. The van der Waals surface area contributed by atoms with Crippen molar-refractivity contribution in [1.29, 1.82) is 0 Å². The predicted octanol–water partition coefficient (Wildman–Crippen LogP) is 2.68. The summed E-state index contributed by atoms with van der Waals surface area (Å²) < 4.78 is 0. The summed E-state index contributed by atoms with van der Waals surface area (Å²) in [6, 6.07) is 3.85. The Morgan fingerprint density at radius 1 is 1.41 bits per heavy atom. The molecule has 0 spiro atoms. The van der Waals surface area contributed by atoms with E-state index in [1.807, 2.05) is 18.3 Å². The first-order valence-electron chi connectivity index (χ1n) is 5.75. The van der Waals surface area contributed by atoms with Gasteiger partial charge in [0.05, 0.1) is 0 Å². The molecule has 0 unspecified atom stereocenters. The van der Waals surface area contributed by atoms with Gasteiger partial charge in [-0.15, -0.1) is 0 Å². The van der Waals surface area contributed by atoms with E-state index in [2.05, 4.69) is 25.8 Å². The molecule has 4 nitrogen and oxygen atoms in total. The van der Waals surface area contributed by atoms with Gasteiger partial charge in [0, 0.05) is 19.7 Å². The van der Waals surface area contributed by atoms with Crippen LogP contribution in [0.4, 0.5) is 5.82 Å². The van der Waals surface area contributed by atoms with Crippen molar-refractivity contribution in [3.63, 3.8) is 0 Å². The third-order valence-corrected chi connectivity index (χ3v) is 2.46. The molecule has 0 bridgehead atoms. The zero-order valence-corrected chi connectivity index (χ0v) is 11.2. The standard InChI is InChI=1S/C13H20N2O2/c1-6-12(16)17-15(5)11-8-7-10(9-14-11)13(2,3)4/h7-9H,6H2,1-5H3. The number of pyridine rings is 1. The van der Waals surface area contributed by atoms with E-state index in [-0.39, 0.29) is 11.4 Å². The van der Waals surface area contributed by atoms with Gasteiger partial charge in [0.2, 0.25) is 0 Å². The van der Waals surface area contributed by atoms with Crippen molar-refractivity contribution in [2.75, 3.05) is 12.1 Å². The molecule has 0 radical (unpaired) electrons. The fraction of sp³-hybridized carbons (Fsp3) is 0.538. The van der Waals surface area contributed by atoms with Crippen molar-refractivity contribution in [3.05, 3.63) is 23.9 Å². The second-order valence-corrected chi connectivity index (χ2v) is 4.97. The van der Waals surface area contributed by atoms with Gasteiger partial charge < -0.3 is 4.84 Å². The van der Waals surface area contributed by atoms with Crippen LogP contribution in [0, 0.1) is 0 Å². The van der Waals surface area contributed by atoms with Crippen molar-refractivity contribution in [3.8, 4) is 0 Å². The van der Waals surface area contributed by atoms with Crippen LogP contribution in [0.25, 0.3) is 0 Å². The van der Waals surface area contributed by atoms with Crippen molar-refractivity contribution in [2.45, 2.75) is 39.5 Å². The Morgan fingerprint density at radius 3 is 2.47 bits per heavy atom. The van der Waals surface area contributed by atoms with E-state index in [4.69, 9.17) is 4.84 Å². The fourth-order valence-electron chi connectivity index (χ4n) is 1.28. The summed E-state index contributed by atoms with van der Waals surface area (Å²) in [5.41, 5.74) is 1.22. The molecule has 4 heteroatoms. The lowest BCUT2D eigenvalue weighted by Gasteiger charge is -2.20. The lowest BCUT2D eigenvalue weighted by molar-refractivity contribution is -0.144. The lowest BCUT2D eigenvalue weighted by atomic mass is 9.88. The molecule has 0 aliphatic carbocycles. The largest absolute Gasteiger partial charge is 0.340 e. The molecule has 17 heavy (non-hydrogen) atoms. The highest BCUT2D eigenvalue weighted by Crippen LogP contribution is 2.22. The highest BCUT2D eigenvalue weighted by atomic mass is 16.7. The highest BCUT2D eigenvalue weighted by molar-refractivity contribution is 5.70. The monoisotopic (exact) mass is 236 g/mol. The van der Waals surface area contributed by atoms with Crippen molar-refractivity contribution in [1.82, 2.24) is 4.98 Å². The molecule has 0 fully saturated rings. The Hall–Kier alpha value is -1.58. The van der Waals surface area contributed by atoms with Gasteiger partial charge in [-0.05, 0) is 17.0 Å². The molecule has 0 saturated heterocycles. The summed E-state index contributed by atoms with van der Waals surface area (Å²) in [5.74, 6) is 0.356. The highest BCUT2D eigenvalue weighted by Gasteiger charge is 2.15. The van der Waals surface area contributed by atoms with Crippen LogP contribution in [0.2, 0.25) is 0 Å². The molecule has 0 aliphatic rings. The average molecular weight is 236 g/mol. The summed E-state index contributed by atoms with van der Waals surface area (Å²) in [4.78, 5) is 20.5. The molecule has 0 atom stereocenters. The number of carbonyl (C=O) groups is 1. The molecular weight excluding hydrogens is 216 g/mol. The molecule has 0 N–H and O–H groups in total. The van der Waals surface area contributed by atoms with Gasteiger partial charge in [0.1, 0.15) is 0 Å². The summed E-state index contributed by atoms with van der Waals surface area (Å²) in [5, 5.41) is 1.39. The number of hydroxylamine groups is 1. The Morgan fingerprint density at radius 2 is 2.06 bits per heavy atom. The van der Waals surface area contributed by atoms with Crippen LogP contribution in [0.3, 0.4) is 0 Å². The topological polar surface area (TPSA) is 42.4 Å². The SMILES string of the molecule is CCC(=O)ON(C)c1ccc(C(C)(C)C)cn1. The minimum atomic E-state index is -0.269. The smallest absolute Gasteiger partial charge is 0.332 e.